The van der Waals surface area contributed by atoms with Gasteiger partial charge in [0.1, 0.15) is 17.8 Å². The van der Waals surface area contributed by atoms with E-state index in [1.54, 1.807) is 18.9 Å². The van der Waals surface area contributed by atoms with Gasteiger partial charge >= 0.3 is 0 Å². The summed E-state index contributed by atoms with van der Waals surface area (Å²) < 4.78 is 5.73. The second-order valence-electron chi connectivity index (χ2n) is 12.3. The molecular weight excluding hydrogens is 504 g/mol. The van der Waals surface area contributed by atoms with Crippen molar-refractivity contribution in [1.82, 2.24) is 20.9 Å². The van der Waals surface area contributed by atoms with Crippen molar-refractivity contribution in [1.29, 1.82) is 0 Å². The summed E-state index contributed by atoms with van der Waals surface area (Å²) in [6, 6.07) is 3.92. The number of nitrogens with one attached hydrogen (secondary N) is 3. The van der Waals surface area contributed by atoms with Gasteiger partial charge in [-0.2, -0.15) is 0 Å². The number of ether oxygens (including phenoxy) is 1. The molecule has 4 atom stereocenters. The number of nitrogens with zero attached hydrogens (tertiary/aromatic N) is 1. The Morgan fingerprint density at radius 3 is 2.65 bits per heavy atom. The first-order valence-electron chi connectivity index (χ1n) is 14.7. The Morgan fingerprint density at radius 2 is 1.95 bits per heavy atom. The highest BCUT2D eigenvalue weighted by molar-refractivity contribution is 5.94. The molecule has 0 saturated heterocycles. The molecule has 1 heterocycles. The lowest BCUT2D eigenvalue weighted by atomic mass is 9.82. The van der Waals surface area contributed by atoms with Crippen LogP contribution in [-0.4, -0.2) is 60.4 Å². The van der Waals surface area contributed by atoms with Gasteiger partial charge in [-0.1, -0.05) is 44.6 Å². The predicted molar refractivity (Wildman–Crippen MR) is 163 cm³/mol. The molecule has 0 fully saturated rings. The molecule has 3 N–H and O–H groups in total. The number of likely N-dealkylation sites (N-methyl/N-ethyl adjacent to an activating group) is 1. The standard InChI is InChI=1S/C32H46N4O4.3H2/c1-7-40-24-16-15-22-18-27(30(38)34-26-14-10-12-21-11-8-9-13-25(21)26)36(19-23(22)17-24)31(39)28(32(3,4)5)35-29(37)20(2)33-6;;;/h9,13,15-17,20,26-28,33H,7-8,10-12,14,18-19H2,1-6H3,(H,34,38)(H,35,37);3*1H/t20-,26?,27?,28+;;;/m0.../s1. The number of hydrogen-bond acceptors (Lipinski definition) is 5. The number of carbonyl (C=O) groups excluding carboxylic acids is 3. The average molecular weight is 557 g/mol. The largest absolute Gasteiger partial charge is 0.494 e. The van der Waals surface area contributed by atoms with Gasteiger partial charge in [0, 0.05) is 17.2 Å². The van der Waals surface area contributed by atoms with Gasteiger partial charge in [-0.05, 0) is 87.2 Å². The van der Waals surface area contributed by atoms with E-state index < -0.39 is 23.5 Å². The molecule has 1 aliphatic heterocycles. The molecule has 40 heavy (non-hydrogen) atoms. The van der Waals surface area contributed by atoms with Gasteiger partial charge in [0.05, 0.1) is 18.7 Å². The lowest BCUT2D eigenvalue weighted by Gasteiger charge is -2.42. The van der Waals surface area contributed by atoms with Crippen molar-refractivity contribution in [2.24, 2.45) is 5.41 Å². The van der Waals surface area contributed by atoms with Crippen LogP contribution in [0, 0.1) is 5.41 Å². The molecule has 2 unspecified atom stereocenters. The maximum atomic E-state index is 14.3. The summed E-state index contributed by atoms with van der Waals surface area (Å²) in [5, 5.41) is 9.23. The molecule has 0 radical (unpaired) electrons. The van der Waals surface area contributed by atoms with Crippen LogP contribution >= 0.6 is 0 Å². The summed E-state index contributed by atoms with van der Waals surface area (Å²) in [6.45, 7) is 10.3. The van der Waals surface area contributed by atoms with Crippen LogP contribution in [0.25, 0.3) is 0 Å². The Kier molecular flexibility index (Phi) is 9.39. The van der Waals surface area contributed by atoms with Crippen LogP contribution in [0.2, 0.25) is 0 Å². The van der Waals surface area contributed by atoms with E-state index in [0.717, 1.165) is 49.0 Å². The van der Waals surface area contributed by atoms with E-state index in [9.17, 15) is 14.4 Å². The van der Waals surface area contributed by atoms with Crippen molar-refractivity contribution in [2.45, 2.75) is 104 Å². The summed E-state index contributed by atoms with van der Waals surface area (Å²) in [5.41, 5.74) is 4.11. The minimum Gasteiger partial charge on any atom is -0.494 e. The maximum Gasteiger partial charge on any atom is 0.246 e. The van der Waals surface area contributed by atoms with Gasteiger partial charge in [0.25, 0.3) is 0 Å². The number of allylic oxidation sites excluding steroid dienone is 2. The summed E-state index contributed by atoms with van der Waals surface area (Å²) in [6.07, 6.45) is 9.91. The van der Waals surface area contributed by atoms with Gasteiger partial charge in [-0.25, -0.2) is 0 Å². The van der Waals surface area contributed by atoms with Gasteiger partial charge in [-0.3, -0.25) is 14.4 Å². The van der Waals surface area contributed by atoms with Crippen LogP contribution in [0.15, 0.2) is 41.5 Å². The van der Waals surface area contributed by atoms with E-state index >= 15 is 0 Å². The summed E-state index contributed by atoms with van der Waals surface area (Å²) in [5.74, 6) is 0.0930. The summed E-state index contributed by atoms with van der Waals surface area (Å²) in [4.78, 5) is 42.9. The quantitative estimate of drug-likeness (QED) is 0.437. The van der Waals surface area contributed by atoms with E-state index in [2.05, 4.69) is 28.1 Å². The van der Waals surface area contributed by atoms with E-state index in [-0.39, 0.29) is 34.6 Å². The third-order valence-corrected chi connectivity index (χ3v) is 8.41. The molecule has 8 nitrogen and oxygen atoms in total. The Morgan fingerprint density at radius 1 is 1.18 bits per heavy atom. The van der Waals surface area contributed by atoms with Crippen molar-refractivity contribution in [3.8, 4) is 5.75 Å². The molecule has 1 aromatic carbocycles. The van der Waals surface area contributed by atoms with E-state index in [4.69, 9.17) is 4.74 Å². The molecular formula is C32H52N4O4. The third-order valence-electron chi connectivity index (χ3n) is 8.41. The van der Waals surface area contributed by atoms with Crippen LogP contribution in [0.3, 0.4) is 0 Å². The van der Waals surface area contributed by atoms with E-state index in [1.807, 2.05) is 45.9 Å². The smallest absolute Gasteiger partial charge is 0.246 e. The number of hydrogen-bond donors (Lipinski definition) is 3. The van der Waals surface area contributed by atoms with Crippen LogP contribution in [0.1, 0.15) is 82.1 Å². The fourth-order valence-corrected chi connectivity index (χ4v) is 5.95. The minimum absolute atomic E-state index is 0. The van der Waals surface area contributed by atoms with Crippen LogP contribution in [0.5, 0.6) is 5.75 Å². The Balaban J connectivity index is 0.00000308. The molecule has 3 amide bonds. The fraction of sp³-hybridized carbons (Fsp3) is 0.594. The zero-order valence-corrected chi connectivity index (χ0v) is 24.9. The van der Waals surface area contributed by atoms with E-state index in [1.165, 1.54) is 11.1 Å². The van der Waals surface area contributed by atoms with Crippen molar-refractivity contribution in [3.63, 3.8) is 0 Å². The Hall–Kier alpha value is -3.13. The molecule has 0 saturated carbocycles. The molecule has 0 bridgehead atoms. The molecule has 0 aromatic heterocycles. The van der Waals surface area contributed by atoms with Gasteiger partial charge < -0.3 is 25.6 Å². The van der Waals surface area contributed by atoms with Crippen LogP contribution < -0.4 is 20.7 Å². The highest BCUT2D eigenvalue weighted by atomic mass is 16.5. The van der Waals surface area contributed by atoms with Gasteiger partial charge in [0.2, 0.25) is 17.7 Å². The second-order valence-corrected chi connectivity index (χ2v) is 12.3. The number of amides is 3. The molecule has 1 aromatic rings. The zero-order valence-electron chi connectivity index (χ0n) is 24.9. The lowest BCUT2D eigenvalue weighted by molar-refractivity contribution is -0.147. The number of carbonyl (C=O) groups is 3. The molecule has 2 aliphatic carbocycles. The Labute approximate surface area is 243 Å². The molecule has 8 heteroatoms. The molecule has 0 spiro atoms. The first-order valence-corrected chi connectivity index (χ1v) is 14.7. The minimum atomic E-state index is -0.798. The average Bonchev–Trinajstić information content (AvgIpc) is 2.94. The first kappa shape index (κ1) is 29.8. The number of fused-ring (bicyclic) bond motifs is 1. The number of rotatable bonds is 8. The highest BCUT2D eigenvalue weighted by Gasteiger charge is 2.43. The monoisotopic (exact) mass is 556 g/mol. The van der Waals surface area contributed by atoms with Crippen molar-refractivity contribution >= 4 is 17.7 Å². The molecule has 3 aliphatic rings. The van der Waals surface area contributed by atoms with Crippen LogP contribution in [-0.2, 0) is 27.3 Å². The van der Waals surface area contributed by atoms with Crippen molar-refractivity contribution in [2.75, 3.05) is 13.7 Å². The maximum absolute atomic E-state index is 14.3. The van der Waals surface area contributed by atoms with Crippen LogP contribution in [0.4, 0.5) is 0 Å². The summed E-state index contributed by atoms with van der Waals surface area (Å²) >= 11 is 0. The first-order chi connectivity index (χ1) is 19.0. The van der Waals surface area contributed by atoms with Gasteiger partial charge in [0.15, 0.2) is 0 Å². The molecule has 224 valence electrons. The van der Waals surface area contributed by atoms with Crippen molar-refractivity contribution < 1.29 is 23.4 Å². The SMILES string of the molecule is CCOc1ccc2c(c1)CN(C(=O)[C@@H](NC(=O)[C@H](C)NC)C(C)(C)C)C(C(=O)NC1CCCC3=C1C=CCC3)C2.[HH].[HH].[HH]. The predicted octanol–water partition coefficient (Wildman–Crippen LogP) is 4.53. The van der Waals surface area contributed by atoms with Gasteiger partial charge in [-0.15, -0.1) is 0 Å². The third kappa shape index (κ3) is 6.60. The lowest BCUT2D eigenvalue weighted by Crippen LogP contribution is -2.62. The second kappa shape index (κ2) is 12.6. The number of benzene rings is 1. The normalized spacial score (nSPS) is 22.1. The molecule has 4 rings (SSSR count). The summed E-state index contributed by atoms with van der Waals surface area (Å²) in [7, 11) is 1.71. The van der Waals surface area contributed by atoms with Crippen molar-refractivity contribution in [3.05, 3.63) is 52.6 Å². The highest BCUT2D eigenvalue weighted by Crippen LogP contribution is 2.34. The van der Waals surface area contributed by atoms with E-state index in [0.29, 0.717) is 13.0 Å². The Bertz CT molecular complexity index is 1200. The fourth-order valence-electron chi connectivity index (χ4n) is 5.95. The topological polar surface area (TPSA) is 99.8 Å². The zero-order chi connectivity index (χ0) is 29.0.